The Morgan fingerprint density at radius 3 is 2.40 bits per heavy atom. The van der Waals surface area contributed by atoms with Crippen LogP contribution in [-0.2, 0) is 14.6 Å². The lowest BCUT2D eigenvalue weighted by Crippen LogP contribution is -2.40. The summed E-state index contributed by atoms with van der Waals surface area (Å²) in [7, 11) is -2.98. The van der Waals surface area contributed by atoms with E-state index >= 15 is 0 Å². The van der Waals surface area contributed by atoms with E-state index in [1.807, 2.05) is 0 Å². The molecule has 0 radical (unpaired) electrons. The summed E-state index contributed by atoms with van der Waals surface area (Å²) in [6, 6.07) is 1.19. The van der Waals surface area contributed by atoms with Gasteiger partial charge in [0.05, 0.1) is 5.75 Å². The van der Waals surface area contributed by atoms with Crippen molar-refractivity contribution in [2.24, 2.45) is 5.92 Å². The molecule has 7 heteroatoms. The number of piperidine rings is 1. The van der Waals surface area contributed by atoms with Gasteiger partial charge in [-0.25, -0.2) is 8.42 Å². The minimum absolute atomic E-state index is 0. The number of carbonyl (C=O) groups excluding carboxylic acids is 1. The Kier molecular flexibility index (Phi) is 6.75. The van der Waals surface area contributed by atoms with E-state index in [0.29, 0.717) is 24.4 Å². The lowest BCUT2D eigenvalue weighted by Gasteiger charge is -2.28. The highest BCUT2D eigenvalue weighted by Crippen LogP contribution is 2.32. The summed E-state index contributed by atoms with van der Waals surface area (Å²) in [6.07, 6.45) is 5.17. The van der Waals surface area contributed by atoms with Crippen LogP contribution in [0.15, 0.2) is 0 Å². The zero-order chi connectivity index (χ0) is 13.9. The van der Waals surface area contributed by atoms with Gasteiger partial charge in [-0.15, -0.1) is 12.4 Å². The molecule has 0 saturated carbocycles. The fourth-order valence-electron chi connectivity index (χ4n) is 3.17. The highest BCUT2D eigenvalue weighted by atomic mass is 35.5. The second-order valence-electron chi connectivity index (χ2n) is 5.77. The van der Waals surface area contributed by atoms with E-state index in [-0.39, 0.29) is 36.4 Å². The first-order valence-corrected chi connectivity index (χ1v) is 9.04. The zero-order valence-corrected chi connectivity index (χ0v) is 13.6. The number of rotatable bonds is 6. The van der Waals surface area contributed by atoms with E-state index in [4.69, 9.17) is 0 Å². The van der Waals surface area contributed by atoms with E-state index in [0.717, 1.165) is 12.8 Å². The highest BCUT2D eigenvalue weighted by Gasteiger charge is 2.34. The lowest BCUT2D eigenvalue weighted by atomic mass is 9.89. The molecule has 0 aromatic carbocycles. The second kappa shape index (κ2) is 7.61. The molecule has 0 aromatic rings. The van der Waals surface area contributed by atoms with Crippen LogP contribution in [0.25, 0.3) is 0 Å². The van der Waals surface area contributed by atoms with E-state index in [1.165, 1.54) is 12.8 Å². The summed E-state index contributed by atoms with van der Waals surface area (Å²) >= 11 is 0. The molecule has 2 heterocycles. The Labute approximate surface area is 127 Å². The van der Waals surface area contributed by atoms with E-state index in [9.17, 15) is 13.2 Å². The summed E-state index contributed by atoms with van der Waals surface area (Å²) in [5, 5.41) is 6.29. The Morgan fingerprint density at radius 2 is 1.85 bits per heavy atom. The number of halogens is 1. The molecular formula is C13H25ClN2O3S. The molecule has 2 unspecified atom stereocenters. The maximum Gasteiger partial charge on any atom is 0.220 e. The van der Waals surface area contributed by atoms with Crippen LogP contribution in [0.2, 0.25) is 0 Å². The molecule has 5 nitrogen and oxygen atoms in total. The summed E-state index contributed by atoms with van der Waals surface area (Å²) in [5.74, 6) is 0.645. The maximum absolute atomic E-state index is 11.8. The van der Waals surface area contributed by atoms with Crippen molar-refractivity contribution in [1.82, 2.24) is 10.6 Å². The van der Waals surface area contributed by atoms with Crippen LogP contribution in [0.4, 0.5) is 0 Å². The van der Waals surface area contributed by atoms with Gasteiger partial charge < -0.3 is 10.6 Å². The van der Waals surface area contributed by atoms with Gasteiger partial charge in [-0.05, 0) is 31.6 Å². The van der Waals surface area contributed by atoms with Gasteiger partial charge in [-0.2, -0.15) is 0 Å². The molecule has 118 valence electrons. The molecule has 20 heavy (non-hydrogen) atoms. The van der Waals surface area contributed by atoms with Crippen molar-refractivity contribution in [2.45, 2.75) is 51.1 Å². The summed E-state index contributed by atoms with van der Waals surface area (Å²) in [6.45, 7) is 1.87. The molecule has 2 fully saturated rings. The van der Waals surface area contributed by atoms with Crippen LogP contribution >= 0.6 is 12.4 Å². The van der Waals surface area contributed by atoms with E-state index in [1.54, 1.807) is 6.92 Å². The van der Waals surface area contributed by atoms with E-state index < -0.39 is 9.84 Å². The van der Waals surface area contributed by atoms with Gasteiger partial charge in [0.1, 0.15) is 0 Å². The minimum Gasteiger partial charge on any atom is -0.355 e. The number of hydrogen-bond donors (Lipinski definition) is 2. The SMILES string of the molecule is CCS(=O)(=O)CCNC(=O)CC1CC2CCC(C1)N2.Cl. The van der Waals surface area contributed by atoms with Gasteiger partial charge in [0, 0.05) is 30.8 Å². The van der Waals surface area contributed by atoms with Gasteiger partial charge in [-0.3, -0.25) is 4.79 Å². The molecule has 2 aliphatic heterocycles. The zero-order valence-electron chi connectivity index (χ0n) is 11.9. The molecule has 1 amide bonds. The normalized spacial score (nSPS) is 28.8. The average Bonchev–Trinajstić information content (AvgIpc) is 2.68. The fourth-order valence-corrected chi connectivity index (χ4v) is 3.87. The molecule has 2 rings (SSSR count). The minimum atomic E-state index is -2.98. The molecule has 0 aromatic heterocycles. The van der Waals surface area contributed by atoms with Gasteiger partial charge in [0.25, 0.3) is 0 Å². The molecule has 2 bridgehead atoms. The average molecular weight is 325 g/mol. The second-order valence-corrected chi connectivity index (χ2v) is 8.24. The first-order valence-electron chi connectivity index (χ1n) is 7.21. The van der Waals surface area contributed by atoms with Gasteiger partial charge in [-0.1, -0.05) is 6.92 Å². The van der Waals surface area contributed by atoms with Gasteiger partial charge in [0.2, 0.25) is 5.91 Å². The topological polar surface area (TPSA) is 75.3 Å². The maximum atomic E-state index is 11.8. The van der Waals surface area contributed by atoms with Crippen molar-refractivity contribution in [3.63, 3.8) is 0 Å². The lowest BCUT2D eigenvalue weighted by molar-refractivity contribution is -0.122. The molecule has 2 N–H and O–H groups in total. The molecule has 0 spiro atoms. The van der Waals surface area contributed by atoms with Crippen LogP contribution in [0, 0.1) is 5.92 Å². The number of sulfone groups is 1. The molecule has 2 atom stereocenters. The Morgan fingerprint density at radius 1 is 1.25 bits per heavy atom. The van der Waals surface area contributed by atoms with Crippen molar-refractivity contribution >= 4 is 28.2 Å². The summed E-state index contributed by atoms with van der Waals surface area (Å²) < 4.78 is 22.6. The quantitative estimate of drug-likeness (QED) is 0.760. The highest BCUT2D eigenvalue weighted by molar-refractivity contribution is 7.91. The number of hydrogen-bond acceptors (Lipinski definition) is 4. The van der Waals surface area contributed by atoms with Crippen LogP contribution in [0.3, 0.4) is 0 Å². The third-order valence-electron chi connectivity index (χ3n) is 4.22. The standard InChI is InChI=1S/C13H24N2O3S.ClH/c1-2-19(17,18)6-5-14-13(16)9-10-7-11-3-4-12(8-10)15-11;/h10-12,15H,2-9H2,1H3,(H,14,16);1H. The molecule has 2 saturated heterocycles. The smallest absolute Gasteiger partial charge is 0.220 e. The van der Waals surface area contributed by atoms with Crippen molar-refractivity contribution in [3.05, 3.63) is 0 Å². The van der Waals surface area contributed by atoms with Crippen LogP contribution in [0.5, 0.6) is 0 Å². The molecule has 2 aliphatic rings. The van der Waals surface area contributed by atoms with Crippen molar-refractivity contribution in [3.8, 4) is 0 Å². The third-order valence-corrected chi connectivity index (χ3v) is 5.93. The summed E-state index contributed by atoms with van der Waals surface area (Å²) in [4.78, 5) is 11.8. The number of nitrogens with one attached hydrogen (secondary N) is 2. The largest absolute Gasteiger partial charge is 0.355 e. The molecular weight excluding hydrogens is 300 g/mol. The first kappa shape index (κ1) is 17.7. The van der Waals surface area contributed by atoms with Crippen molar-refractivity contribution in [2.75, 3.05) is 18.1 Å². The first-order chi connectivity index (χ1) is 8.98. The summed E-state index contributed by atoms with van der Waals surface area (Å²) in [5.41, 5.74) is 0. The van der Waals surface area contributed by atoms with Crippen LogP contribution in [-0.4, -0.2) is 44.5 Å². The van der Waals surface area contributed by atoms with E-state index in [2.05, 4.69) is 10.6 Å². The Bertz CT molecular complexity index is 415. The Hall–Kier alpha value is -0.330. The third kappa shape index (κ3) is 5.22. The van der Waals surface area contributed by atoms with Crippen LogP contribution < -0.4 is 10.6 Å². The van der Waals surface area contributed by atoms with Gasteiger partial charge in [0.15, 0.2) is 9.84 Å². The van der Waals surface area contributed by atoms with Crippen molar-refractivity contribution in [1.29, 1.82) is 0 Å². The predicted octanol–water partition coefficient (Wildman–Crippen LogP) is 0.880. The number of carbonyl (C=O) groups is 1. The molecule has 0 aliphatic carbocycles. The fraction of sp³-hybridized carbons (Fsp3) is 0.923. The predicted molar refractivity (Wildman–Crippen MR) is 81.9 cm³/mol. The monoisotopic (exact) mass is 324 g/mol. The van der Waals surface area contributed by atoms with Gasteiger partial charge >= 0.3 is 0 Å². The number of fused-ring (bicyclic) bond motifs is 2. The van der Waals surface area contributed by atoms with Crippen molar-refractivity contribution < 1.29 is 13.2 Å². The Balaban J connectivity index is 0.00000200. The number of amides is 1. The van der Waals surface area contributed by atoms with Crippen LogP contribution in [0.1, 0.15) is 39.0 Å².